The first kappa shape index (κ1) is 13.8. The molecule has 1 heterocycles. The molecule has 0 saturated heterocycles. The molecule has 3 nitrogen and oxygen atoms in total. The summed E-state index contributed by atoms with van der Waals surface area (Å²) in [4.78, 5) is 4.53. The molecule has 2 aromatic carbocycles. The molecule has 0 bridgehead atoms. The van der Waals surface area contributed by atoms with Gasteiger partial charge in [0.1, 0.15) is 5.82 Å². The van der Waals surface area contributed by atoms with Crippen LogP contribution in [0.25, 0.3) is 10.9 Å². The molecule has 0 saturated carbocycles. The minimum absolute atomic E-state index is 0.736. The predicted molar refractivity (Wildman–Crippen MR) is 91.7 cm³/mol. The normalized spacial score (nSPS) is 11.6. The highest BCUT2D eigenvalue weighted by Crippen LogP contribution is 2.18. The number of hydrazone groups is 1. The highest BCUT2D eigenvalue weighted by atomic mass is 79.9. The first-order chi connectivity index (χ1) is 10.2. The molecular weight excluding hydrogens is 326 g/mol. The highest BCUT2D eigenvalue weighted by molar-refractivity contribution is 9.10. The second-order valence-corrected chi connectivity index (χ2v) is 5.53. The van der Waals surface area contributed by atoms with E-state index in [0.29, 0.717) is 0 Å². The largest absolute Gasteiger partial charge is 0.261 e. The molecular formula is C17H14BrN3. The average Bonchev–Trinajstić information content (AvgIpc) is 2.53. The van der Waals surface area contributed by atoms with Crippen molar-refractivity contribution in [1.29, 1.82) is 0 Å². The van der Waals surface area contributed by atoms with Crippen molar-refractivity contribution in [3.63, 3.8) is 0 Å². The van der Waals surface area contributed by atoms with E-state index in [2.05, 4.69) is 31.4 Å². The zero-order valence-corrected chi connectivity index (χ0v) is 13.1. The van der Waals surface area contributed by atoms with Crippen molar-refractivity contribution in [2.24, 2.45) is 5.10 Å². The van der Waals surface area contributed by atoms with E-state index in [9.17, 15) is 0 Å². The van der Waals surface area contributed by atoms with Crippen LogP contribution in [0.3, 0.4) is 0 Å². The number of benzene rings is 2. The second kappa shape index (κ2) is 6.06. The van der Waals surface area contributed by atoms with Gasteiger partial charge in [-0.15, -0.1) is 0 Å². The molecule has 1 aromatic heterocycles. The van der Waals surface area contributed by atoms with E-state index >= 15 is 0 Å². The Morgan fingerprint density at radius 2 is 1.76 bits per heavy atom. The fourth-order valence-corrected chi connectivity index (χ4v) is 2.66. The number of fused-ring (bicyclic) bond motifs is 1. The van der Waals surface area contributed by atoms with E-state index < -0.39 is 0 Å². The molecule has 0 unspecified atom stereocenters. The zero-order valence-electron chi connectivity index (χ0n) is 11.5. The summed E-state index contributed by atoms with van der Waals surface area (Å²) in [7, 11) is 0. The molecule has 0 fully saturated rings. The van der Waals surface area contributed by atoms with Gasteiger partial charge in [0.15, 0.2) is 0 Å². The lowest BCUT2D eigenvalue weighted by Gasteiger charge is -2.05. The van der Waals surface area contributed by atoms with E-state index in [4.69, 9.17) is 0 Å². The maximum absolute atomic E-state index is 4.53. The van der Waals surface area contributed by atoms with Gasteiger partial charge in [0.05, 0.1) is 11.2 Å². The van der Waals surface area contributed by atoms with Crippen molar-refractivity contribution >= 4 is 38.4 Å². The molecule has 0 spiro atoms. The molecule has 0 amide bonds. The van der Waals surface area contributed by atoms with Crippen molar-refractivity contribution < 1.29 is 0 Å². The van der Waals surface area contributed by atoms with Crippen molar-refractivity contribution in [1.82, 2.24) is 4.98 Å². The van der Waals surface area contributed by atoms with Crippen LogP contribution in [0.15, 0.2) is 70.2 Å². The van der Waals surface area contributed by atoms with Gasteiger partial charge in [-0.2, -0.15) is 5.10 Å². The summed E-state index contributed by atoms with van der Waals surface area (Å²) >= 11 is 3.53. The number of hydrogen-bond donors (Lipinski definition) is 1. The number of anilines is 1. The monoisotopic (exact) mass is 339 g/mol. The Balaban J connectivity index is 1.85. The first-order valence-electron chi connectivity index (χ1n) is 6.65. The van der Waals surface area contributed by atoms with Crippen LogP contribution in [-0.4, -0.2) is 10.7 Å². The number of pyridine rings is 1. The Morgan fingerprint density at radius 1 is 1.00 bits per heavy atom. The van der Waals surface area contributed by atoms with Gasteiger partial charge in [0.2, 0.25) is 0 Å². The van der Waals surface area contributed by atoms with Crippen LogP contribution in [0.1, 0.15) is 12.5 Å². The first-order valence-corrected chi connectivity index (χ1v) is 7.44. The zero-order chi connectivity index (χ0) is 14.7. The number of nitrogens with zero attached hydrogens (tertiary/aromatic N) is 2. The molecule has 3 rings (SSSR count). The van der Waals surface area contributed by atoms with Gasteiger partial charge >= 0.3 is 0 Å². The van der Waals surface area contributed by atoms with E-state index in [1.54, 1.807) is 0 Å². The smallest absolute Gasteiger partial charge is 0.146 e. The number of para-hydroxylation sites is 1. The number of hydrogen-bond acceptors (Lipinski definition) is 3. The molecule has 0 aliphatic heterocycles. The van der Waals surface area contributed by atoms with Gasteiger partial charge in [-0.05, 0) is 31.2 Å². The third kappa shape index (κ3) is 3.11. The standard InChI is InChI=1S/C17H14BrN3/c1-12(14-7-3-4-8-15(14)18)20-21-17-11-10-13-6-2-5-9-16(13)19-17/h2-11H,1H3,(H,19,21)/b20-12+. The van der Waals surface area contributed by atoms with Crippen LogP contribution in [0, 0.1) is 0 Å². The fraction of sp³-hybridized carbons (Fsp3) is 0.0588. The van der Waals surface area contributed by atoms with Gasteiger partial charge in [0, 0.05) is 15.4 Å². The Kier molecular flexibility index (Phi) is 3.97. The van der Waals surface area contributed by atoms with Gasteiger partial charge < -0.3 is 0 Å². The minimum Gasteiger partial charge on any atom is -0.261 e. The summed E-state index contributed by atoms with van der Waals surface area (Å²) in [6, 6.07) is 20.0. The SMILES string of the molecule is C/C(=N\Nc1ccc2ccccc2n1)c1ccccc1Br. The van der Waals surface area contributed by atoms with Crippen molar-refractivity contribution in [3.8, 4) is 0 Å². The lowest BCUT2D eigenvalue weighted by Crippen LogP contribution is -2.01. The summed E-state index contributed by atoms with van der Waals surface area (Å²) in [6.07, 6.45) is 0. The van der Waals surface area contributed by atoms with E-state index in [0.717, 1.165) is 32.5 Å². The number of halogens is 1. The summed E-state index contributed by atoms with van der Waals surface area (Å²) in [5.74, 6) is 0.736. The van der Waals surface area contributed by atoms with E-state index in [-0.39, 0.29) is 0 Å². The maximum atomic E-state index is 4.53. The predicted octanol–water partition coefficient (Wildman–Crippen LogP) is 4.83. The summed E-state index contributed by atoms with van der Waals surface area (Å²) in [5, 5.41) is 5.53. The molecule has 0 aliphatic rings. The fourth-order valence-electron chi connectivity index (χ4n) is 2.08. The van der Waals surface area contributed by atoms with Crippen LogP contribution in [0.5, 0.6) is 0 Å². The van der Waals surface area contributed by atoms with Crippen LogP contribution in [0.2, 0.25) is 0 Å². The average molecular weight is 340 g/mol. The summed E-state index contributed by atoms with van der Waals surface area (Å²) in [5.41, 5.74) is 5.93. The molecule has 0 radical (unpaired) electrons. The molecule has 0 aliphatic carbocycles. The number of aromatic nitrogens is 1. The molecule has 3 aromatic rings. The van der Waals surface area contributed by atoms with Crippen LogP contribution in [0.4, 0.5) is 5.82 Å². The maximum Gasteiger partial charge on any atom is 0.146 e. The number of rotatable bonds is 3. The third-order valence-corrected chi connectivity index (χ3v) is 3.89. The Bertz CT molecular complexity index is 812. The quantitative estimate of drug-likeness (QED) is 0.548. The van der Waals surface area contributed by atoms with Crippen LogP contribution >= 0.6 is 15.9 Å². The van der Waals surface area contributed by atoms with Crippen LogP contribution < -0.4 is 5.43 Å². The lowest BCUT2D eigenvalue weighted by atomic mass is 10.1. The van der Waals surface area contributed by atoms with E-state index in [1.165, 1.54) is 0 Å². The Labute approximate surface area is 131 Å². The molecule has 4 heteroatoms. The second-order valence-electron chi connectivity index (χ2n) is 4.68. The number of nitrogens with one attached hydrogen (secondary N) is 1. The summed E-state index contributed by atoms with van der Waals surface area (Å²) < 4.78 is 1.03. The van der Waals surface area contributed by atoms with Gasteiger partial charge in [-0.3, -0.25) is 5.43 Å². The van der Waals surface area contributed by atoms with Crippen LogP contribution in [-0.2, 0) is 0 Å². The van der Waals surface area contributed by atoms with Gasteiger partial charge in [-0.1, -0.05) is 52.3 Å². The Hall–Kier alpha value is -2.20. The van der Waals surface area contributed by atoms with Gasteiger partial charge in [-0.25, -0.2) is 4.98 Å². The third-order valence-electron chi connectivity index (χ3n) is 3.20. The Morgan fingerprint density at radius 3 is 2.62 bits per heavy atom. The molecule has 0 atom stereocenters. The molecule has 21 heavy (non-hydrogen) atoms. The lowest BCUT2D eigenvalue weighted by molar-refractivity contribution is 1.25. The van der Waals surface area contributed by atoms with Crippen molar-refractivity contribution in [3.05, 3.63) is 70.7 Å². The summed E-state index contributed by atoms with van der Waals surface area (Å²) in [6.45, 7) is 1.97. The van der Waals surface area contributed by atoms with Crippen molar-refractivity contribution in [2.45, 2.75) is 6.92 Å². The van der Waals surface area contributed by atoms with E-state index in [1.807, 2.05) is 67.6 Å². The minimum atomic E-state index is 0.736. The molecule has 104 valence electrons. The van der Waals surface area contributed by atoms with Gasteiger partial charge in [0.25, 0.3) is 0 Å². The molecule has 1 N–H and O–H groups in total. The van der Waals surface area contributed by atoms with Crippen molar-refractivity contribution in [2.75, 3.05) is 5.43 Å². The highest BCUT2D eigenvalue weighted by Gasteiger charge is 2.02. The topological polar surface area (TPSA) is 37.3 Å².